The Morgan fingerprint density at radius 3 is 2.05 bits per heavy atom. The zero-order chi connectivity index (χ0) is 14.8. The third kappa shape index (κ3) is 3.13. The molecule has 0 heterocycles. The van der Waals surface area contributed by atoms with Crippen molar-refractivity contribution >= 4 is 5.78 Å². The largest absolute Gasteiger partial charge is 0.294 e. The van der Waals surface area contributed by atoms with Crippen LogP contribution in [0.2, 0.25) is 0 Å². The molecule has 0 spiro atoms. The molecule has 1 nitrogen and oxygen atoms in total. The maximum atomic E-state index is 13.0. The van der Waals surface area contributed by atoms with E-state index in [-0.39, 0.29) is 5.41 Å². The quantitative estimate of drug-likeness (QED) is 0.638. The van der Waals surface area contributed by atoms with Gasteiger partial charge in [0.1, 0.15) is 0 Å². The van der Waals surface area contributed by atoms with Crippen LogP contribution in [0.3, 0.4) is 0 Å². The Morgan fingerprint density at radius 2 is 1.60 bits per heavy atom. The van der Waals surface area contributed by atoms with Gasteiger partial charge in [0.05, 0.1) is 0 Å². The Labute approximate surface area is 123 Å². The molecule has 0 atom stereocenters. The van der Waals surface area contributed by atoms with Gasteiger partial charge in [-0.15, -0.1) is 0 Å². The molecule has 0 saturated heterocycles. The van der Waals surface area contributed by atoms with Crippen molar-refractivity contribution in [2.75, 3.05) is 0 Å². The van der Waals surface area contributed by atoms with Gasteiger partial charge in [-0.2, -0.15) is 0 Å². The predicted molar refractivity (Wildman–Crippen MR) is 85.2 cm³/mol. The van der Waals surface area contributed by atoms with Crippen molar-refractivity contribution in [3.05, 3.63) is 35.4 Å². The van der Waals surface area contributed by atoms with E-state index in [1.54, 1.807) is 0 Å². The van der Waals surface area contributed by atoms with Gasteiger partial charge in [-0.3, -0.25) is 4.79 Å². The summed E-state index contributed by atoms with van der Waals surface area (Å²) in [6.45, 7) is 8.84. The van der Waals surface area contributed by atoms with Crippen molar-refractivity contribution < 1.29 is 4.79 Å². The van der Waals surface area contributed by atoms with E-state index in [0.29, 0.717) is 17.6 Å². The summed E-state index contributed by atoms with van der Waals surface area (Å²) in [4.78, 5) is 13.0. The number of rotatable bonds is 5. The van der Waals surface area contributed by atoms with Gasteiger partial charge in [-0.05, 0) is 36.7 Å². The summed E-state index contributed by atoms with van der Waals surface area (Å²) in [6.07, 6.45) is 5.62. The lowest BCUT2D eigenvalue weighted by Gasteiger charge is -2.29. The maximum absolute atomic E-state index is 13.0. The Kier molecular flexibility index (Phi) is 4.67. The van der Waals surface area contributed by atoms with Crippen LogP contribution in [-0.2, 0) is 0 Å². The van der Waals surface area contributed by atoms with E-state index < -0.39 is 0 Å². The summed E-state index contributed by atoms with van der Waals surface area (Å²) >= 11 is 0. The SMILES string of the molecule is CC(C)CC1(C(=O)c2ccc(C(C)C)cc2)CCCC1. The van der Waals surface area contributed by atoms with Gasteiger partial charge in [0.2, 0.25) is 0 Å². The number of carbonyl (C=O) groups is 1. The molecule has 0 aliphatic heterocycles. The fourth-order valence-electron chi connectivity index (χ4n) is 3.68. The predicted octanol–water partition coefficient (Wildman–Crippen LogP) is 5.60. The lowest BCUT2D eigenvalue weighted by molar-refractivity contribution is 0.0760. The molecule has 0 N–H and O–H groups in total. The number of carbonyl (C=O) groups excluding carboxylic acids is 1. The highest BCUT2D eigenvalue weighted by Crippen LogP contribution is 2.45. The van der Waals surface area contributed by atoms with Crippen LogP contribution < -0.4 is 0 Å². The van der Waals surface area contributed by atoms with Gasteiger partial charge in [-0.25, -0.2) is 0 Å². The van der Waals surface area contributed by atoms with Crippen LogP contribution in [0.25, 0.3) is 0 Å². The highest BCUT2D eigenvalue weighted by molar-refractivity contribution is 6.00. The zero-order valence-electron chi connectivity index (χ0n) is 13.4. The van der Waals surface area contributed by atoms with Crippen molar-refractivity contribution in [2.24, 2.45) is 11.3 Å². The summed E-state index contributed by atoms with van der Waals surface area (Å²) in [5.74, 6) is 1.50. The molecule has 1 aromatic carbocycles. The van der Waals surface area contributed by atoms with Gasteiger partial charge in [0, 0.05) is 11.0 Å². The van der Waals surface area contributed by atoms with Gasteiger partial charge in [0.15, 0.2) is 5.78 Å². The average molecular weight is 272 g/mol. The van der Waals surface area contributed by atoms with Crippen molar-refractivity contribution in [1.82, 2.24) is 0 Å². The van der Waals surface area contributed by atoms with Crippen molar-refractivity contribution in [1.29, 1.82) is 0 Å². The second-order valence-corrected chi connectivity index (χ2v) is 7.19. The first kappa shape index (κ1) is 15.3. The molecule has 1 aliphatic rings. The zero-order valence-corrected chi connectivity index (χ0v) is 13.4. The van der Waals surface area contributed by atoms with Crippen molar-refractivity contribution in [3.63, 3.8) is 0 Å². The summed E-state index contributed by atoms with van der Waals surface area (Å²) < 4.78 is 0. The first-order valence-corrected chi connectivity index (χ1v) is 8.09. The molecule has 1 fully saturated rings. The Hall–Kier alpha value is -1.11. The van der Waals surface area contributed by atoms with Crippen LogP contribution >= 0.6 is 0 Å². The second-order valence-electron chi connectivity index (χ2n) is 7.19. The molecular weight excluding hydrogens is 244 g/mol. The van der Waals surface area contributed by atoms with Gasteiger partial charge < -0.3 is 0 Å². The monoisotopic (exact) mass is 272 g/mol. The Bertz CT molecular complexity index is 447. The third-order valence-corrected chi connectivity index (χ3v) is 4.68. The van der Waals surface area contributed by atoms with E-state index in [1.165, 1.54) is 18.4 Å². The summed E-state index contributed by atoms with van der Waals surface area (Å²) in [7, 11) is 0. The standard InChI is InChI=1S/C19H28O/c1-14(2)13-19(11-5-6-12-19)18(20)17-9-7-16(8-10-17)15(3)4/h7-10,14-15H,5-6,11-13H2,1-4H3. The molecule has 1 aliphatic carbocycles. The minimum atomic E-state index is -0.0759. The van der Waals surface area contributed by atoms with E-state index in [2.05, 4.69) is 39.8 Å². The number of hydrogen-bond donors (Lipinski definition) is 0. The molecule has 0 aromatic heterocycles. The number of Topliss-reactive ketones (excluding diaryl/α,β-unsaturated/α-hetero) is 1. The maximum Gasteiger partial charge on any atom is 0.169 e. The molecule has 20 heavy (non-hydrogen) atoms. The topological polar surface area (TPSA) is 17.1 Å². The van der Waals surface area contributed by atoms with Crippen LogP contribution in [0.4, 0.5) is 0 Å². The Morgan fingerprint density at radius 1 is 1.05 bits per heavy atom. The number of hydrogen-bond acceptors (Lipinski definition) is 1. The van der Waals surface area contributed by atoms with E-state index >= 15 is 0 Å². The molecule has 0 radical (unpaired) electrons. The third-order valence-electron chi connectivity index (χ3n) is 4.68. The lowest BCUT2D eigenvalue weighted by atomic mass is 9.73. The highest BCUT2D eigenvalue weighted by Gasteiger charge is 2.41. The normalized spacial score (nSPS) is 17.9. The lowest BCUT2D eigenvalue weighted by Crippen LogP contribution is -2.30. The summed E-state index contributed by atoms with van der Waals surface area (Å²) in [5.41, 5.74) is 2.15. The average Bonchev–Trinajstić information content (AvgIpc) is 2.87. The van der Waals surface area contributed by atoms with Crippen molar-refractivity contribution in [2.45, 2.75) is 65.7 Å². The van der Waals surface area contributed by atoms with Crippen LogP contribution in [0.1, 0.15) is 81.6 Å². The van der Waals surface area contributed by atoms with E-state index in [1.807, 2.05) is 12.1 Å². The van der Waals surface area contributed by atoms with Gasteiger partial charge in [0.25, 0.3) is 0 Å². The molecule has 1 aromatic rings. The van der Waals surface area contributed by atoms with Crippen LogP contribution in [-0.4, -0.2) is 5.78 Å². The number of ketones is 1. The van der Waals surface area contributed by atoms with Crippen molar-refractivity contribution in [3.8, 4) is 0 Å². The fourth-order valence-corrected chi connectivity index (χ4v) is 3.68. The molecule has 0 bridgehead atoms. The molecule has 110 valence electrons. The van der Waals surface area contributed by atoms with E-state index in [9.17, 15) is 4.79 Å². The summed E-state index contributed by atoms with van der Waals surface area (Å²) in [6, 6.07) is 8.32. The molecule has 0 amide bonds. The minimum absolute atomic E-state index is 0.0759. The molecule has 1 heteroatoms. The van der Waals surface area contributed by atoms with Crippen LogP contribution in [0.15, 0.2) is 24.3 Å². The summed E-state index contributed by atoms with van der Waals surface area (Å²) in [5, 5.41) is 0. The van der Waals surface area contributed by atoms with E-state index in [4.69, 9.17) is 0 Å². The van der Waals surface area contributed by atoms with Gasteiger partial charge in [-0.1, -0.05) is 64.8 Å². The van der Waals surface area contributed by atoms with E-state index in [0.717, 1.165) is 24.8 Å². The van der Waals surface area contributed by atoms with Crippen LogP contribution in [0.5, 0.6) is 0 Å². The van der Waals surface area contributed by atoms with Crippen LogP contribution in [0, 0.1) is 11.3 Å². The highest BCUT2D eigenvalue weighted by atomic mass is 16.1. The number of benzene rings is 1. The van der Waals surface area contributed by atoms with Gasteiger partial charge >= 0.3 is 0 Å². The minimum Gasteiger partial charge on any atom is -0.294 e. The Balaban J connectivity index is 2.23. The first-order chi connectivity index (χ1) is 9.44. The molecule has 0 unspecified atom stereocenters. The molecule has 1 saturated carbocycles. The molecular formula is C19H28O. The fraction of sp³-hybridized carbons (Fsp3) is 0.632. The smallest absolute Gasteiger partial charge is 0.169 e. The first-order valence-electron chi connectivity index (χ1n) is 8.09. The second kappa shape index (κ2) is 6.11. The molecule has 2 rings (SSSR count).